The van der Waals surface area contributed by atoms with E-state index in [2.05, 4.69) is 34.6 Å². The quantitative estimate of drug-likeness (QED) is 0.600. The van der Waals surface area contributed by atoms with E-state index in [4.69, 9.17) is 16.3 Å². The van der Waals surface area contributed by atoms with Gasteiger partial charge in [0, 0.05) is 5.88 Å². The molecule has 0 saturated carbocycles. The predicted molar refractivity (Wildman–Crippen MR) is 59.4 cm³/mol. The summed E-state index contributed by atoms with van der Waals surface area (Å²) in [5.74, 6) is 1.39. The van der Waals surface area contributed by atoms with E-state index in [1.54, 1.807) is 0 Å². The summed E-state index contributed by atoms with van der Waals surface area (Å²) in [7, 11) is 0. The molecule has 0 bridgehead atoms. The normalized spacial score (nSPS) is 15.0. The van der Waals surface area contributed by atoms with Gasteiger partial charge in [-0.2, -0.15) is 0 Å². The first-order valence-corrected chi connectivity index (χ1v) is 5.64. The van der Waals surface area contributed by atoms with Crippen molar-refractivity contribution in [3.8, 4) is 0 Å². The standard InChI is InChI=1S/C11H23ClO/c1-9(2)13-11(4,5)8-10(3)6-7-12/h9-10H,6-8H2,1-5H3. The van der Waals surface area contributed by atoms with Gasteiger partial charge in [0.05, 0.1) is 11.7 Å². The molecule has 13 heavy (non-hydrogen) atoms. The second-order valence-corrected chi connectivity index (χ2v) is 5.09. The number of rotatable bonds is 6. The van der Waals surface area contributed by atoms with Crippen LogP contribution in [0.3, 0.4) is 0 Å². The molecule has 1 unspecified atom stereocenters. The zero-order chi connectivity index (χ0) is 10.5. The van der Waals surface area contributed by atoms with Gasteiger partial charge >= 0.3 is 0 Å². The molecular formula is C11H23ClO. The monoisotopic (exact) mass is 206 g/mol. The van der Waals surface area contributed by atoms with Crippen molar-refractivity contribution in [2.75, 3.05) is 5.88 Å². The molecule has 1 atom stereocenters. The van der Waals surface area contributed by atoms with Crippen LogP contribution in [0, 0.1) is 5.92 Å². The van der Waals surface area contributed by atoms with Gasteiger partial charge in [0.1, 0.15) is 0 Å². The number of hydrogen-bond acceptors (Lipinski definition) is 1. The van der Waals surface area contributed by atoms with Crippen LogP contribution in [0.15, 0.2) is 0 Å². The Balaban J connectivity index is 3.85. The third kappa shape index (κ3) is 7.33. The van der Waals surface area contributed by atoms with E-state index in [9.17, 15) is 0 Å². The first-order chi connectivity index (χ1) is 5.87. The Hall–Kier alpha value is 0.250. The van der Waals surface area contributed by atoms with Gasteiger partial charge in [0.15, 0.2) is 0 Å². The van der Waals surface area contributed by atoms with E-state index < -0.39 is 0 Å². The summed E-state index contributed by atoms with van der Waals surface area (Å²) in [6.07, 6.45) is 2.46. The lowest BCUT2D eigenvalue weighted by atomic mass is 9.93. The summed E-state index contributed by atoms with van der Waals surface area (Å²) in [5, 5.41) is 0. The van der Waals surface area contributed by atoms with Crippen LogP contribution in [-0.4, -0.2) is 17.6 Å². The molecule has 0 aliphatic rings. The Morgan fingerprint density at radius 3 is 2.15 bits per heavy atom. The van der Waals surface area contributed by atoms with Gasteiger partial charge < -0.3 is 4.74 Å². The number of alkyl halides is 1. The first kappa shape index (κ1) is 13.2. The molecule has 0 fully saturated rings. The van der Waals surface area contributed by atoms with E-state index in [0.717, 1.165) is 18.7 Å². The van der Waals surface area contributed by atoms with Crippen LogP contribution in [-0.2, 0) is 4.74 Å². The van der Waals surface area contributed by atoms with Gasteiger partial charge in [-0.25, -0.2) is 0 Å². The average Bonchev–Trinajstić information content (AvgIpc) is 1.81. The van der Waals surface area contributed by atoms with Crippen LogP contribution < -0.4 is 0 Å². The molecule has 2 heteroatoms. The molecule has 80 valence electrons. The Bertz CT molecular complexity index is 132. The SMILES string of the molecule is CC(CCCl)CC(C)(C)OC(C)C. The van der Waals surface area contributed by atoms with Gasteiger partial charge in [0.25, 0.3) is 0 Å². The fourth-order valence-corrected chi connectivity index (χ4v) is 2.19. The third-order valence-electron chi connectivity index (χ3n) is 2.00. The van der Waals surface area contributed by atoms with Gasteiger partial charge in [0.2, 0.25) is 0 Å². The number of hydrogen-bond donors (Lipinski definition) is 0. The molecule has 0 aliphatic carbocycles. The zero-order valence-electron chi connectivity index (χ0n) is 9.56. The fraction of sp³-hybridized carbons (Fsp3) is 1.00. The molecule has 0 spiro atoms. The number of halogens is 1. The molecule has 1 nitrogen and oxygen atoms in total. The van der Waals surface area contributed by atoms with Crippen molar-refractivity contribution in [1.29, 1.82) is 0 Å². The van der Waals surface area contributed by atoms with Crippen molar-refractivity contribution in [2.45, 2.75) is 59.2 Å². The van der Waals surface area contributed by atoms with E-state index in [0.29, 0.717) is 12.0 Å². The molecule has 0 aromatic rings. The van der Waals surface area contributed by atoms with Crippen LogP contribution >= 0.6 is 11.6 Å². The highest BCUT2D eigenvalue weighted by Gasteiger charge is 2.22. The summed E-state index contributed by atoms with van der Waals surface area (Å²) in [5.41, 5.74) is -0.0142. The Morgan fingerprint density at radius 1 is 1.23 bits per heavy atom. The van der Waals surface area contributed by atoms with Crippen molar-refractivity contribution < 1.29 is 4.74 Å². The van der Waals surface area contributed by atoms with E-state index in [1.165, 1.54) is 0 Å². The summed E-state index contributed by atoms with van der Waals surface area (Å²) in [6, 6.07) is 0. The van der Waals surface area contributed by atoms with E-state index in [1.807, 2.05) is 0 Å². The maximum absolute atomic E-state index is 5.81. The lowest BCUT2D eigenvalue weighted by Crippen LogP contribution is -2.30. The molecule has 0 N–H and O–H groups in total. The molecule has 0 radical (unpaired) electrons. The van der Waals surface area contributed by atoms with E-state index in [-0.39, 0.29) is 5.60 Å². The van der Waals surface area contributed by atoms with E-state index >= 15 is 0 Å². The maximum atomic E-state index is 5.81. The maximum Gasteiger partial charge on any atom is 0.0632 e. The van der Waals surface area contributed by atoms with Crippen LogP contribution in [0.1, 0.15) is 47.5 Å². The largest absolute Gasteiger partial charge is 0.373 e. The van der Waals surface area contributed by atoms with Gasteiger partial charge in [-0.3, -0.25) is 0 Å². The highest BCUT2D eigenvalue weighted by atomic mass is 35.5. The lowest BCUT2D eigenvalue weighted by molar-refractivity contribution is -0.0679. The smallest absolute Gasteiger partial charge is 0.0632 e. The van der Waals surface area contributed by atoms with Gasteiger partial charge in [-0.15, -0.1) is 11.6 Å². The van der Waals surface area contributed by atoms with Crippen molar-refractivity contribution in [1.82, 2.24) is 0 Å². The number of ether oxygens (including phenoxy) is 1. The summed E-state index contributed by atoms with van der Waals surface area (Å²) < 4.78 is 5.81. The third-order valence-corrected chi connectivity index (χ3v) is 2.21. The predicted octanol–water partition coefficient (Wildman–Crippen LogP) is 3.85. The second-order valence-electron chi connectivity index (χ2n) is 4.71. The van der Waals surface area contributed by atoms with Crippen molar-refractivity contribution >= 4 is 11.6 Å². The highest BCUT2D eigenvalue weighted by molar-refractivity contribution is 6.17. The van der Waals surface area contributed by atoms with Crippen LogP contribution in [0.4, 0.5) is 0 Å². The topological polar surface area (TPSA) is 9.23 Å². The Kier molecular flexibility index (Phi) is 5.98. The fourth-order valence-electron chi connectivity index (χ4n) is 1.81. The van der Waals surface area contributed by atoms with Gasteiger partial charge in [-0.05, 0) is 46.5 Å². The van der Waals surface area contributed by atoms with Gasteiger partial charge in [-0.1, -0.05) is 6.92 Å². The molecule has 0 amide bonds. The molecule has 0 rings (SSSR count). The summed E-state index contributed by atoms with van der Waals surface area (Å²) in [6.45, 7) is 10.7. The van der Waals surface area contributed by atoms with Crippen molar-refractivity contribution in [2.24, 2.45) is 5.92 Å². The minimum Gasteiger partial charge on any atom is -0.373 e. The van der Waals surface area contributed by atoms with Crippen LogP contribution in [0.2, 0.25) is 0 Å². The molecule has 0 aromatic heterocycles. The average molecular weight is 207 g/mol. The first-order valence-electron chi connectivity index (χ1n) is 5.11. The zero-order valence-corrected chi connectivity index (χ0v) is 10.3. The Morgan fingerprint density at radius 2 is 1.77 bits per heavy atom. The molecule has 0 heterocycles. The molecule has 0 aromatic carbocycles. The summed E-state index contributed by atoms with van der Waals surface area (Å²) >= 11 is 5.69. The van der Waals surface area contributed by atoms with Crippen molar-refractivity contribution in [3.63, 3.8) is 0 Å². The second kappa shape index (κ2) is 5.87. The Labute approximate surface area is 87.8 Å². The minimum absolute atomic E-state index is 0.0142. The molecule has 0 saturated heterocycles. The highest BCUT2D eigenvalue weighted by Crippen LogP contribution is 2.24. The lowest BCUT2D eigenvalue weighted by Gasteiger charge is -2.30. The molecular weight excluding hydrogens is 184 g/mol. The molecule has 0 aliphatic heterocycles. The van der Waals surface area contributed by atoms with Crippen molar-refractivity contribution in [3.05, 3.63) is 0 Å². The minimum atomic E-state index is -0.0142. The van der Waals surface area contributed by atoms with Crippen LogP contribution in [0.5, 0.6) is 0 Å². The summed E-state index contributed by atoms with van der Waals surface area (Å²) in [4.78, 5) is 0. The van der Waals surface area contributed by atoms with Crippen LogP contribution in [0.25, 0.3) is 0 Å².